The number of hydrogen-bond acceptors (Lipinski definition) is 2. The van der Waals surface area contributed by atoms with Crippen molar-refractivity contribution in [3.05, 3.63) is 24.0 Å². The third kappa shape index (κ3) is 3.35. The van der Waals surface area contributed by atoms with Crippen molar-refractivity contribution < 1.29 is 4.79 Å². The molecule has 1 fully saturated rings. The van der Waals surface area contributed by atoms with Gasteiger partial charge in [-0.1, -0.05) is 6.92 Å². The molecule has 0 aliphatic carbocycles. The van der Waals surface area contributed by atoms with E-state index >= 15 is 0 Å². The smallest absolute Gasteiger partial charge is 0.236 e. The van der Waals surface area contributed by atoms with E-state index in [2.05, 4.69) is 35.1 Å². The molecule has 1 N–H and O–H groups in total. The number of aryl methyl sites for hydroxylation is 1. The quantitative estimate of drug-likeness (QED) is 0.831. The Balaban J connectivity index is 1.74. The van der Waals surface area contributed by atoms with Gasteiger partial charge in [0.1, 0.15) is 0 Å². The predicted molar refractivity (Wildman–Crippen MR) is 72.2 cm³/mol. The minimum absolute atomic E-state index is 0.237. The van der Waals surface area contributed by atoms with Crippen LogP contribution in [0.3, 0.4) is 0 Å². The fourth-order valence-electron chi connectivity index (χ4n) is 2.44. The highest BCUT2D eigenvalue weighted by Crippen LogP contribution is 2.07. The summed E-state index contributed by atoms with van der Waals surface area (Å²) in [7, 11) is 0. The van der Waals surface area contributed by atoms with Crippen molar-refractivity contribution >= 4 is 5.91 Å². The van der Waals surface area contributed by atoms with Gasteiger partial charge in [-0.25, -0.2) is 0 Å². The molecule has 0 radical (unpaired) electrons. The SMILES string of the molecule is CCCn1cccc1CNCC(=O)N1CCCC1. The van der Waals surface area contributed by atoms with E-state index in [1.165, 1.54) is 5.69 Å². The van der Waals surface area contributed by atoms with Crippen molar-refractivity contribution in [2.75, 3.05) is 19.6 Å². The van der Waals surface area contributed by atoms with E-state index in [1.807, 2.05) is 4.90 Å². The van der Waals surface area contributed by atoms with Gasteiger partial charge in [-0.2, -0.15) is 0 Å². The van der Waals surface area contributed by atoms with E-state index in [0.717, 1.165) is 45.4 Å². The lowest BCUT2D eigenvalue weighted by Gasteiger charge is -2.15. The molecule has 0 spiro atoms. The number of hydrogen-bond donors (Lipinski definition) is 1. The van der Waals surface area contributed by atoms with Gasteiger partial charge in [0.15, 0.2) is 0 Å². The molecule has 2 heterocycles. The Morgan fingerprint density at radius 2 is 2.17 bits per heavy atom. The number of rotatable bonds is 6. The zero-order chi connectivity index (χ0) is 12.8. The Morgan fingerprint density at radius 3 is 2.89 bits per heavy atom. The van der Waals surface area contributed by atoms with E-state index in [0.29, 0.717) is 6.54 Å². The molecule has 1 amide bonds. The zero-order valence-corrected chi connectivity index (χ0v) is 11.2. The first kappa shape index (κ1) is 13.1. The van der Waals surface area contributed by atoms with Gasteiger partial charge in [0.05, 0.1) is 6.54 Å². The monoisotopic (exact) mass is 249 g/mol. The molecular weight excluding hydrogens is 226 g/mol. The van der Waals surface area contributed by atoms with Crippen molar-refractivity contribution in [2.45, 2.75) is 39.3 Å². The summed E-state index contributed by atoms with van der Waals surface area (Å²) >= 11 is 0. The van der Waals surface area contributed by atoms with Crippen molar-refractivity contribution in [1.29, 1.82) is 0 Å². The second kappa shape index (κ2) is 6.59. The normalized spacial score (nSPS) is 15.3. The zero-order valence-electron chi connectivity index (χ0n) is 11.2. The average Bonchev–Trinajstić information content (AvgIpc) is 3.01. The van der Waals surface area contributed by atoms with Crippen LogP contribution in [0.1, 0.15) is 31.9 Å². The van der Waals surface area contributed by atoms with Crippen molar-refractivity contribution in [2.24, 2.45) is 0 Å². The highest BCUT2D eigenvalue weighted by Gasteiger charge is 2.16. The summed E-state index contributed by atoms with van der Waals surface area (Å²) in [4.78, 5) is 13.8. The van der Waals surface area contributed by atoms with E-state index < -0.39 is 0 Å². The van der Waals surface area contributed by atoms with Gasteiger partial charge in [-0.15, -0.1) is 0 Å². The Kier molecular flexibility index (Phi) is 4.81. The molecule has 1 saturated heterocycles. The number of likely N-dealkylation sites (tertiary alicyclic amines) is 1. The summed E-state index contributed by atoms with van der Waals surface area (Å²) in [5.41, 5.74) is 1.26. The fourth-order valence-corrected chi connectivity index (χ4v) is 2.44. The number of nitrogens with one attached hydrogen (secondary N) is 1. The van der Waals surface area contributed by atoms with Crippen LogP contribution in [0.15, 0.2) is 18.3 Å². The van der Waals surface area contributed by atoms with Crippen LogP contribution < -0.4 is 5.32 Å². The Bertz CT molecular complexity index is 380. The second-order valence-corrected chi connectivity index (χ2v) is 4.88. The molecule has 0 saturated carbocycles. The lowest BCUT2D eigenvalue weighted by atomic mass is 10.4. The molecule has 1 aliphatic heterocycles. The van der Waals surface area contributed by atoms with Crippen LogP contribution in [0.25, 0.3) is 0 Å². The van der Waals surface area contributed by atoms with Crippen LogP contribution in [0, 0.1) is 0 Å². The number of carbonyl (C=O) groups is 1. The Labute approximate surface area is 109 Å². The maximum Gasteiger partial charge on any atom is 0.236 e. The molecule has 0 unspecified atom stereocenters. The molecule has 2 rings (SSSR count). The second-order valence-electron chi connectivity index (χ2n) is 4.88. The molecule has 4 heteroatoms. The van der Waals surface area contributed by atoms with Gasteiger partial charge in [-0.3, -0.25) is 4.79 Å². The number of aromatic nitrogens is 1. The molecule has 18 heavy (non-hydrogen) atoms. The molecule has 100 valence electrons. The van der Waals surface area contributed by atoms with Gasteiger partial charge >= 0.3 is 0 Å². The van der Waals surface area contributed by atoms with Crippen LogP contribution in [0.2, 0.25) is 0 Å². The van der Waals surface area contributed by atoms with Gasteiger partial charge in [0, 0.05) is 38.1 Å². The lowest BCUT2D eigenvalue weighted by molar-refractivity contribution is -0.129. The molecule has 4 nitrogen and oxygen atoms in total. The summed E-state index contributed by atoms with van der Waals surface area (Å²) in [6, 6.07) is 4.18. The average molecular weight is 249 g/mol. The molecule has 1 aromatic rings. The summed E-state index contributed by atoms with van der Waals surface area (Å²) in [5, 5.41) is 3.25. The first-order valence-electron chi connectivity index (χ1n) is 6.93. The van der Waals surface area contributed by atoms with Gasteiger partial charge in [0.25, 0.3) is 0 Å². The predicted octanol–water partition coefficient (Wildman–Crippen LogP) is 1.61. The van der Waals surface area contributed by atoms with Crippen LogP contribution in [-0.2, 0) is 17.9 Å². The minimum Gasteiger partial charge on any atom is -0.350 e. The molecule has 0 aromatic carbocycles. The first-order chi connectivity index (χ1) is 8.81. The number of carbonyl (C=O) groups excluding carboxylic acids is 1. The molecule has 1 aromatic heterocycles. The number of nitrogens with zero attached hydrogens (tertiary/aromatic N) is 2. The summed E-state index contributed by atoms with van der Waals surface area (Å²) < 4.78 is 2.24. The van der Waals surface area contributed by atoms with Crippen LogP contribution in [0.4, 0.5) is 0 Å². The highest BCUT2D eigenvalue weighted by molar-refractivity contribution is 5.78. The van der Waals surface area contributed by atoms with Crippen LogP contribution >= 0.6 is 0 Å². The molecule has 1 aliphatic rings. The summed E-state index contributed by atoms with van der Waals surface area (Å²) in [5.74, 6) is 0.237. The first-order valence-corrected chi connectivity index (χ1v) is 6.93. The molecule has 0 atom stereocenters. The van der Waals surface area contributed by atoms with Crippen molar-refractivity contribution in [3.63, 3.8) is 0 Å². The topological polar surface area (TPSA) is 37.3 Å². The molecular formula is C14H23N3O. The summed E-state index contributed by atoms with van der Waals surface area (Å²) in [6.07, 6.45) is 5.55. The Hall–Kier alpha value is -1.29. The number of amides is 1. The standard InChI is InChI=1S/C14H23N3O/c1-2-7-16-10-5-6-13(16)11-15-12-14(18)17-8-3-4-9-17/h5-6,10,15H,2-4,7-9,11-12H2,1H3. The lowest BCUT2D eigenvalue weighted by Crippen LogP contribution is -2.36. The van der Waals surface area contributed by atoms with Crippen LogP contribution in [0.5, 0.6) is 0 Å². The van der Waals surface area contributed by atoms with Crippen molar-refractivity contribution in [3.8, 4) is 0 Å². The van der Waals surface area contributed by atoms with E-state index in [-0.39, 0.29) is 5.91 Å². The van der Waals surface area contributed by atoms with Gasteiger partial charge < -0.3 is 14.8 Å². The minimum atomic E-state index is 0.237. The van der Waals surface area contributed by atoms with Gasteiger partial charge in [0.2, 0.25) is 5.91 Å². The third-order valence-electron chi connectivity index (χ3n) is 3.43. The third-order valence-corrected chi connectivity index (χ3v) is 3.43. The van der Waals surface area contributed by atoms with Crippen molar-refractivity contribution in [1.82, 2.24) is 14.8 Å². The molecule has 0 bridgehead atoms. The highest BCUT2D eigenvalue weighted by atomic mass is 16.2. The van der Waals surface area contributed by atoms with Crippen LogP contribution in [-0.4, -0.2) is 35.0 Å². The van der Waals surface area contributed by atoms with Gasteiger partial charge in [-0.05, 0) is 31.4 Å². The van der Waals surface area contributed by atoms with E-state index in [1.54, 1.807) is 0 Å². The fraction of sp³-hybridized carbons (Fsp3) is 0.643. The maximum absolute atomic E-state index is 11.8. The Morgan fingerprint density at radius 1 is 1.39 bits per heavy atom. The van der Waals surface area contributed by atoms with E-state index in [4.69, 9.17) is 0 Å². The largest absolute Gasteiger partial charge is 0.350 e. The maximum atomic E-state index is 11.8. The summed E-state index contributed by atoms with van der Waals surface area (Å²) in [6.45, 7) is 6.32. The van der Waals surface area contributed by atoms with E-state index in [9.17, 15) is 4.79 Å².